The molecule has 0 bridgehead atoms. The van der Waals surface area contributed by atoms with Gasteiger partial charge in [0.05, 0.1) is 5.02 Å². The third-order valence-electron chi connectivity index (χ3n) is 2.79. The number of halogens is 2. The Morgan fingerprint density at radius 2 is 2.14 bits per heavy atom. The number of thiophene rings is 1. The molecule has 0 radical (unpaired) electrons. The fourth-order valence-corrected chi connectivity index (χ4v) is 3.17. The minimum atomic E-state index is -1.53. The molecule has 0 spiro atoms. The predicted octanol–water partition coefficient (Wildman–Crippen LogP) is 2.26. The van der Waals surface area contributed by atoms with Gasteiger partial charge < -0.3 is 15.5 Å². The maximum Gasteiger partial charge on any atom is 0.332 e. The summed E-state index contributed by atoms with van der Waals surface area (Å²) in [6.45, 7) is -0.00870. The number of fused-ring (bicyclic) bond motifs is 1. The van der Waals surface area contributed by atoms with Crippen LogP contribution in [-0.4, -0.2) is 34.7 Å². The van der Waals surface area contributed by atoms with E-state index in [1.807, 2.05) is 0 Å². The minimum absolute atomic E-state index is 0.00870. The highest BCUT2D eigenvalue weighted by Crippen LogP contribution is 2.35. The highest BCUT2D eigenvalue weighted by molar-refractivity contribution is 7.21. The first-order valence-corrected chi connectivity index (χ1v) is 7.16. The number of hydrogen-bond acceptors (Lipinski definition) is 4. The van der Waals surface area contributed by atoms with Crippen molar-refractivity contribution in [2.45, 2.75) is 12.5 Å². The maximum absolute atomic E-state index is 13.1. The lowest BCUT2D eigenvalue weighted by Crippen LogP contribution is -2.29. The Morgan fingerprint density at radius 3 is 2.81 bits per heavy atom. The number of amides is 1. The fourth-order valence-electron chi connectivity index (χ4n) is 1.71. The van der Waals surface area contributed by atoms with Gasteiger partial charge in [-0.25, -0.2) is 9.18 Å². The van der Waals surface area contributed by atoms with Gasteiger partial charge >= 0.3 is 5.97 Å². The summed E-state index contributed by atoms with van der Waals surface area (Å²) in [6.07, 6.45) is -1.64. The molecule has 3 N–H and O–H groups in total. The molecular formula is C13H11ClFNO4S. The summed E-state index contributed by atoms with van der Waals surface area (Å²) in [5.74, 6) is -2.25. The second kappa shape index (κ2) is 6.38. The summed E-state index contributed by atoms with van der Waals surface area (Å²) in [5.41, 5.74) is 0. The molecule has 0 fully saturated rings. The van der Waals surface area contributed by atoms with Crippen LogP contribution < -0.4 is 5.32 Å². The van der Waals surface area contributed by atoms with E-state index in [-0.39, 0.29) is 22.9 Å². The van der Waals surface area contributed by atoms with E-state index in [9.17, 15) is 14.0 Å². The number of carboxylic acids is 1. The van der Waals surface area contributed by atoms with E-state index >= 15 is 0 Å². The average Bonchev–Trinajstić information content (AvgIpc) is 2.75. The molecule has 0 saturated heterocycles. The van der Waals surface area contributed by atoms with Gasteiger partial charge in [-0.05, 0) is 18.2 Å². The van der Waals surface area contributed by atoms with Crippen LogP contribution in [0, 0.1) is 5.82 Å². The van der Waals surface area contributed by atoms with Crippen molar-refractivity contribution in [3.63, 3.8) is 0 Å². The van der Waals surface area contributed by atoms with E-state index in [1.165, 1.54) is 18.2 Å². The third kappa shape index (κ3) is 3.49. The molecule has 1 aromatic heterocycles. The topological polar surface area (TPSA) is 86.6 Å². The van der Waals surface area contributed by atoms with Crippen molar-refractivity contribution in [1.29, 1.82) is 0 Å². The van der Waals surface area contributed by atoms with Gasteiger partial charge in [-0.1, -0.05) is 11.6 Å². The molecule has 2 rings (SSSR count). The first kappa shape index (κ1) is 15.7. The molecule has 1 unspecified atom stereocenters. The van der Waals surface area contributed by atoms with Crippen molar-refractivity contribution in [2.75, 3.05) is 6.54 Å². The third-order valence-corrected chi connectivity index (χ3v) is 4.44. The number of benzene rings is 1. The van der Waals surface area contributed by atoms with E-state index in [0.717, 1.165) is 11.3 Å². The molecule has 112 valence electrons. The molecule has 1 atom stereocenters. The standard InChI is InChI=1S/C13H11ClFNO4S/c14-10-7-2-1-6(15)5-9(7)21-11(10)12(18)16-4-3-8(17)13(19)20/h1-2,5,8,17H,3-4H2,(H,16,18)(H,19,20). The van der Waals surface area contributed by atoms with Gasteiger partial charge in [0.15, 0.2) is 6.10 Å². The summed E-state index contributed by atoms with van der Waals surface area (Å²) in [5, 5.41) is 20.9. The lowest BCUT2D eigenvalue weighted by atomic mass is 10.2. The fraction of sp³-hybridized carbons (Fsp3) is 0.231. The van der Waals surface area contributed by atoms with Gasteiger partial charge in [0.1, 0.15) is 10.7 Å². The smallest absolute Gasteiger partial charge is 0.332 e. The first-order chi connectivity index (χ1) is 9.90. The van der Waals surface area contributed by atoms with Gasteiger partial charge in [0.25, 0.3) is 5.91 Å². The number of carbonyl (C=O) groups excluding carboxylic acids is 1. The highest BCUT2D eigenvalue weighted by Gasteiger charge is 2.18. The number of rotatable bonds is 5. The molecule has 0 aliphatic carbocycles. The molecule has 21 heavy (non-hydrogen) atoms. The SMILES string of the molecule is O=C(NCCC(O)C(=O)O)c1sc2cc(F)ccc2c1Cl. The van der Waals surface area contributed by atoms with Crippen molar-refractivity contribution in [2.24, 2.45) is 0 Å². The summed E-state index contributed by atoms with van der Waals surface area (Å²) < 4.78 is 13.7. The molecule has 2 aromatic rings. The Kier molecular flexibility index (Phi) is 4.76. The molecule has 8 heteroatoms. The van der Waals surface area contributed by atoms with Crippen LogP contribution >= 0.6 is 22.9 Å². The van der Waals surface area contributed by atoms with Crippen LogP contribution in [0.25, 0.3) is 10.1 Å². The van der Waals surface area contributed by atoms with Crippen LogP contribution in [0.15, 0.2) is 18.2 Å². The maximum atomic E-state index is 13.1. The van der Waals surface area contributed by atoms with Gasteiger partial charge in [0.2, 0.25) is 0 Å². The molecule has 1 amide bonds. The lowest BCUT2D eigenvalue weighted by Gasteiger charge is -2.06. The van der Waals surface area contributed by atoms with Gasteiger partial charge in [-0.2, -0.15) is 0 Å². The van der Waals surface area contributed by atoms with E-state index in [2.05, 4.69) is 5.32 Å². The quantitative estimate of drug-likeness (QED) is 0.784. The van der Waals surface area contributed by atoms with E-state index < -0.39 is 23.8 Å². The Labute approximate surface area is 128 Å². The summed E-state index contributed by atoms with van der Waals surface area (Å²) >= 11 is 7.13. The molecule has 1 aromatic carbocycles. The molecule has 5 nitrogen and oxygen atoms in total. The van der Waals surface area contributed by atoms with Crippen LogP contribution in [0.3, 0.4) is 0 Å². The summed E-state index contributed by atoms with van der Waals surface area (Å²) in [7, 11) is 0. The second-order valence-corrected chi connectivity index (χ2v) is 5.71. The molecule has 0 aliphatic heterocycles. The van der Waals surface area contributed by atoms with Crippen LogP contribution in [0.4, 0.5) is 4.39 Å². The zero-order valence-electron chi connectivity index (χ0n) is 10.6. The number of carboxylic acid groups (broad SMARTS) is 1. The largest absolute Gasteiger partial charge is 0.479 e. The second-order valence-electron chi connectivity index (χ2n) is 4.28. The van der Waals surface area contributed by atoms with Crippen molar-refractivity contribution in [3.05, 3.63) is 33.9 Å². The van der Waals surface area contributed by atoms with Gasteiger partial charge in [-0.3, -0.25) is 4.79 Å². The zero-order chi connectivity index (χ0) is 15.6. The first-order valence-electron chi connectivity index (χ1n) is 5.96. The van der Waals surface area contributed by atoms with Crippen molar-refractivity contribution >= 4 is 44.9 Å². The lowest BCUT2D eigenvalue weighted by molar-refractivity contribution is -0.146. The van der Waals surface area contributed by atoms with Crippen LogP contribution in [0.5, 0.6) is 0 Å². The Balaban J connectivity index is 2.09. The van der Waals surface area contributed by atoms with Crippen LogP contribution in [0.1, 0.15) is 16.1 Å². The molecule has 1 heterocycles. The van der Waals surface area contributed by atoms with Crippen molar-refractivity contribution < 1.29 is 24.2 Å². The molecule has 0 saturated carbocycles. The number of aliphatic hydroxyl groups is 1. The number of aliphatic carboxylic acids is 1. The summed E-state index contributed by atoms with van der Waals surface area (Å²) in [4.78, 5) is 22.6. The number of aliphatic hydroxyl groups excluding tert-OH is 1. The average molecular weight is 332 g/mol. The Hall–Kier alpha value is -1.70. The number of nitrogens with one attached hydrogen (secondary N) is 1. The highest BCUT2D eigenvalue weighted by atomic mass is 35.5. The molecular weight excluding hydrogens is 321 g/mol. The van der Waals surface area contributed by atoms with Gasteiger partial charge in [0, 0.05) is 23.1 Å². The molecule has 0 aliphatic rings. The summed E-state index contributed by atoms with van der Waals surface area (Å²) in [6, 6.07) is 4.04. The van der Waals surface area contributed by atoms with E-state index in [1.54, 1.807) is 0 Å². The van der Waals surface area contributed by atoms with Crippen LogP contribution in [0.2, 0.25) is 5.02 Å². The number of carbonyl (C=O) groups is 2. The predicted molar refractivity (Wildman–Crippen MR) is 77.4 cm³/mol. The van der Waals surface area contributed by atoms with Gasteiger partial charge in [-0.15, -0.1) is 11.3 Å². The normalized spacial score (nSPS) is 12.3. The van der Waals surface area contributed by atoms with E-state index in [0.29, 0.717) is 10.1 Å². The van der Waals surface area contributed by atoms with Crippen LogP contribution in [-0.2, 0) is 4.79 Å². The van der Waals surface area contributed by atoms with Crippen molar-refractivity contribution in [1.82, 2.24) is 5.32 Å². The Morgan fingerprint density at radius 1 is 1.43 bits per heavy atom. The monoisotopic (exact) mass is 331 g/mol. The van der Waals surface area contributed by atoms with Crippen molar-refractivity contribution in [3.8, 4) is 0 Å². The number of hydrogen-bond donors (Lipinski definition) is 3. The zero-order valence-corrected chi connectivity index (χ0v) is 12.2. The Bertz CT molecular complexity index is 703. The van der Waals surface area contributed by atoms with E-state index in [4.69, 9.17) is 21.8 Å². The minimum Gasteiger partial charge on any atom is -0.479 e.